The van der Waals surface area contributed by atoms with Crippen molar-refractivity contribution in [1.82, 2.24) is 0 Å². The summed E-state index contributed by atoms with van der Waals surface area (Å²) in [6.45, 7) is 0. The Balaban J connectivity index is 2.15. The number of hydrazine groups is 1. The Morgan fingerprint density at radius 1 is 1.16 bits per heavy atom. The Hall–Kier alpha value is -1.56. The van der Waals surface area contributed by atoms with Gasteiger partial charge < -0.3 is 10.7 Å². The summed E-state index contributed by atoms with van der Waals surface area (Å²) in [5.74, 6) is 5.06. The number of amides is 1. The standard InChI is InChI=1S/C13H11BrClN3O/c14-11-7-9(15)3-6-12(11)17-13(19)8-1-4-10(18-16)5-2-8/h1-7,18H,16H2,(H,17,19). The molecule has 0 saturated heterocycles. The molecule has 0 atom stereocenters. The molecule has 4 nitrogen and oxygen atoms in total. The van der Waals surface area contributed by atoms with E-state index in [-0.39, 0.29) is 5.91 Å². The van der Waals surface area contributed by atoms with Gasteiger partial charge in [-0.25, -0.2) is 0 Å². The van der Waals surface area contributed by atoms with Gasteiger partial charge in [0.2, 0.25) is 0 Å². The van der Waals surface area contributed by atoms with E-state index >= 15 is 0 Å². The highest BCUT2D eigenvalue weighted by Gasteiger charge is 2.08. The first-order valence-corrected chi connectivity index (χ1v) is 6.60. The van der Waals surface area contributed by atoms with Crippen molar-refractivity contribution < 1.29 is 4.79 Å². The van der Waals surface area contributed by atoms with Crippen LogP contribution in [0.25, 0.3) is 0 Å². The zero-order valence-corrected chi connectivity index (χ0v) is 12.1. The van der Waals surface area contributed by atoms with Crippen LogP contribution in [-0.2, 0) is 0 Å². The highest BCUT2D eigenvalue weighted by Crippen LogP contribution is 2.26. The Morgan fingerprint density at radius 3 is 2.42 bits per heavy atom. The Bertz CT molecular complexity index is 601. The molecule has 0 aliphatic heterocycles. The van der Waals surface area contributed by atoms with Crippen molar-refractivity contribution >= 4 is 44.8 Å². The summed E-state index contributed by atoms with van der Waals surface area (Å²) in [5, 5.41) is 3.40. The van der Waals surface area contributed by atoms with E-state index in [4.69, 9.17) is 17.4 Å². The van der Waals surface area contributed by atoms with Crippen molar-refractivity contribution in [3.05, 3.63) is 57.5 Å². The lowest BCUT2D eigenvalue weighted by Crippen LogP contribution is -2.13. The first kappa shape index (κ1) is 13.9. The molecule has 6 heteroatoms. The van der Waals surface area contributed by atoms with Gasteiger partial charge in [0.05, 0.1) is 5.69 Å². The highest BCUT2D eigenvalue weighted by molar-refractivity contribution is 9.10. The molecule has 0 unspecified atom stereocenters. The molecule has 0 aromatic heterocycles. The van der Waals surface area contributed by atoms with Crippen LogP contribution in [0.2, 0.25) is 5.02 Å². The van der Waals surface area contributed by atoms with Crippen LogP contribution in [0.15, 0.2) is 46.9 Å². The maximum atomic E-state index is 12.0. The molecule has 2 aromatic carbocycles. The predicted molar refractivity (Wildman–Crippen MR) is 81.4 cm³/mol. The average molecular weight is 341 g/mol. The Morgan fingerprint density at radius 2 is 1.84 bits per heavy atom. The fourth-order valence-electron chi connectivity index (χ4n) is 1.50. The van der Waals surface area contributed by atoms with Gasteiger partial charge in [-0.05, 0) is 58.4 Å². The van der Waals surface area contributed by atoms with Crippen molar-refractivity contribution in [3.8, 4) is 0 Å². The molecule has 2 aromatic rings. The lowest BCUT2D eigenvalue weighted by molar-refractivity contribution is 0.102. The van der Waals surface area contributed by atoms with Gasteiger partial charge in [-0.3, -0.25) is 10.6 Å². The maximum absolute atomic E-state index is 12.0. The van der Waals surface area contributed by atoms with E-state index in [2.05, 4.69) is 26.7 Å². The number of carbonyl (C=O) groups is 1. The molecule has 0 saturated carbocycles. The molecule has 0 spiro atoms. The SMILES string of the molecule is NNc1ccc(C(=O)Nc2ccc(Cl)cc2Br)cc1. The number of nitrogen functional groups attached to an aromatic ring is 1. The predicted octanol–water partition coefficient (Wildman–Crippen LogP) is 3.64. The monoisotopic (exact) mass is 339 g/mol. The Labute approximate surface area is 124 Å². The van der Waals surface area contributed by atoms with Crippen LogP contribution in [0.3, 0.4) is 0 Å². The maximum Gasteiger partial charge on any atom is 0.255 e. The summed E-state index contributed by atoms with van der Waals surface area (Å²) in [6.07, 6.45) is 0. The number of carbonyl (C=O) groups excluding carboxylic acids is 1. The van der Waals surface area contributed by atoms with Gasteiger partial charge >= 0.3 is 0 Å². The molecule has 0 aliphatic carbocycles. The lowest BCUT2D eigenvalue weighted by Gasteiger charge is -2.08. The number of nitrogens with two attached hydrogens (primary N) is 1. The van der Waals surface area contributed by atoms with Gasteiger partial charge in [0, 0.05) is 20.7 Å². The minimum atomic E-state index is -0.202. The third kappa shape index (κ3) is 3.47. The molecular weight excluding hydrogens is 330 g/mol. The summed E-state index contributed by atoms with van der Waals surface area (Å²) in [7, 11) is 0. The summed E-state index contributed by atoms with van der Waals surface area (Å²) in [6, 6.07) is 12.0. The van der Waals surface area contributed by atoms with Crippen molar-refractivity contribution in [2.45, 2.75) is 0 Å². The van der Waals surface area contributed by atoms with Crippen molar-refractivity contribution in [3.63, 3.8) is 0 Å². The minimum Gasteiger partial charge on any atom is -0.324 e. The van der Waals surface area contributed by atoms with E-state index in [1.165, 1.54) is 0 Å². The molecule has 1 amide bonds. The van der Waals surface area contributed by atoms with Gasteiger partial charge in [0.1, 0.15) is 0 Å². The van der Waals surface area contributed by atoms with Crippen LogP contribution in [0, 0.1) is 0 Å². The van der Waals surface area contributed by atoms with E-state index in [0.717, 1.165) is 10.2 Å². The molecule has 19 heavy (non-hydrogen) atoms. The van der Waals surface area contributed by atoms with E-state index in [0.29, 0.717) is 16.3 Å². The van der Waals surface area contributed by atoms with Crippen LogP contribution in [0.1, 0.15) is 10.4 Å². The number of hydrogen-bond acceptors (Lipinski definition) is 3. The molecule has 0 aliphatic rings. The second-order valence-electron chi connectivity index (χ2n) is 3.80. The molecule has 0 bridgehead atoms. The van der Waals surface area contributed by atoms with Gasteiger partial charge in [0.15, 0.2) is 0 Å². The largest absolute Gasteiger partial charge is 0.324 e. The van der Waals surface area contributed by atoms with Crippen molar-refractivity contribution in [2.24, 2.45) is 5.84 Å². The normalized spacial score (nSPS) is 10.1. The summed E-state index contributed by atoms with van der Waals surface area (Å²) in [5.41, 5.74) is 4.45. The summed E-state index contributed by atoms with van der Waals surface area (Å²) in [4.78, 5) is 12.0. The van der Waals surface area contributed by atoms with Crippen LogP contribution in [0.5, 0.6) is 0 Å². The Kier molecular flexibility index (Phi) is 4.42. The number of rotatable bonds is 3. The third-order valence-electron chi connectivity index (χ3n) is 2.49. The molecule has 0 fully saturated rings. The number of anilines is 2. The number of nitrogens with one attached hydrogen (secondary N) is 2. The molecule has 4 N–H and O–H groups in total. The zero-order chi connectivity index (χ0) is 13.8. The summed E-state index contributed by atoms with van der Waals surface area (Å²) >= 11 is 9.19. The van der Waals surface area contributed by atoms with Crippen LogP contribution in [0.4, 0.5) is 11.4 Å². The molecule has 0 heterocycles. The molecule has 2 rings (SSSR count). The van der Waals surface area contributed by atoms with E-state index < -0.39 is 0 Å². The fraction of sp³-hybridized carbons (Fsp3) is 0. The topological polar surface area (TPSA) is 67.1 Å². The van der Waals surface area contributed by atoms with E-state index in [9.17, 15) is 4.79 Å². The number of benzene rings is 2. The van der Waals surface area contributed by atoms with Crippen molar-refractivity contribution in [1.29, 1.82) is 0 Å². The third-order valence-corrected chi connectivity index (χ3v) is 3.38. The molecule has 0 radical (unpaired) electrons. The molecular formula is C13H11BrClN3O. The quantitative estimate of drug-likeness (QED) is 0.590. The van der Waals surface area contributed by atoms with Gasteiger partial charge in [-0.15, -0.1) is 0 Å². The second-order valence-corrected chi connectivity index (χ2v) is 5.09. The summed E-state index contributed by atoms with van der Waals surface area (Å²) < 4.78 is 0.730. The minimum absolute atomic E-state index is 0.202. The zero-order valence-electron chi connectivity index (χ0n) is 9.78. The second kappa shape index (κ2) is 6.06. The van der Waals surface area contributed by atoms with Crippen LogP contribution >= 0.6 is 27.5 Å². The van der Waals surface area contributed by atoms with Gasteiger partial charge in [-0.2, -0.15) is 0 Å². The van der Waals surface area contributed by atoms with E-state index in [1.807, 2.05) is 0 Å². The highest BCUT2D eigenvalue weighted by atomic mass is 79.9. The van der Waals surface area contributed by atoms with E-state index in [1.54, 1.807) is 42.5 Å². The first-order valence-electron chi connectivity index (χ1n) is 5.43. The number of halogens is 2. The van der Waals surface area contributed by atoms with Gasteiger partial charge in [-0.1, -0.05) is 11.6 Å². The van der Waals surface area contributed by atoms with Gasteiger partial charge in [0.25, 0.3) is 5.91 Å². The van der Waals surface area contributed by atoms with Crippen LogP contribution in [-0.4, -0.2) is 5.91 Å². The lowest BCUT2D eigenvalue weighted by atomic mass is 10.2. The first-order chi connectivity index (χ1) is 9.10. The average Bonchev–Trinajstić information content (AvgIpc) is 2.42. The van der Waals surface area contributed by atoms with Crippen molar-refractivity contribution in [2.75, 3.05) is 10.7 Å². The number of hydrogen-bond donors (Lipinski definition) is 3. The smallest absolute Gasteiger partial charge is 0.255 e. The molecule has 98 valence electrons. The fourth-order valence-corrected chi connectivity index (χ4v) is 2.28. The van der Waals surface area contributed by atoms with Crippen LogP contribution < -0.4 is 16.6 Å².